The van der Waals surface area contributed by atoms with Gasteiger partial charge in [-0.2, -0.15) is 5.26 Å². The van der Waals surface area contributed by atoms with Crippen molar-refractivity contribution in [2.45, 2.75) is 19.4 Å². The van der Waals surface area contributed by atoms with Gasteiger partial charge in [-0.1, -0.05) is 41.9 Å². The van der Waals surface area contributed by atoms with E-state index in [9.17, 15) is 9.59 Å². The number of nitrogens with zero attached hydrogens (tertiary/aromatic N) is 2. The lowest BCUT2D eigenvalue weighted by molar-refractivity contribution is -0.129. The number of hydrogen-bond acceptors (Lipinski definition) is 3. The van der Waals surface area contributed by atoms with E-state index in [4.69, 9.17) is 16.9 Å². The van der Waals surface area contributed by atoms with Crippen molar-refractivity contribution in [3.8, 4) is 6.07 Å². The van der Waals surface area contributed by atoms with Gasteiger partial charge in [0.15, 0.2) is 0 Å². The highest BCUT2D eigenvalue weighted by Crippen LogP contribution is 2.29. The van der Waals surface area contributed by atoms with Crippen LogP contribution in [0.5, 0.6) is 0 Å². The third kappa shape index (κ3) is 3.71. The average Bonchev–Trinajstić information content (AvgIpc) is 3.04. The second-order valence-electron chi connectivity index (χ2n) is 6.33. The molecule has 1 fully saturated rings. The van der Waals surface area contributed by atoms with Gasteiger partial charge in [0.2, 0.25) is 11.8 Å². The maximum Gasteiger partial charge on any atom is 0.229 e. The van der Waals surface area contributed by atoms with E-state index in [-0.39, 0.29) is 29.3 Å². The van der Waals surface area contributed by atoms with Crippen LogP contribution in [0.25, 0.3) is 0 Å². The molecule has 0 aliphatic carbocycles. The molecule has 2 atom stereocenters. The third-order valence-electron chi connectivity index (χ3n) is 4.64. The summed E-state index contributed by atoms with van der Waals surface area (Å²) in [7, 11) is 0. The van der Waals surface area contributed by atoms with Gasteiger partial charge in [-0.05, 0) is 30.7 Å². The summed E-state index contributed by atoms with van der Waals surface area (Å²) in [5, 5.41) is 12.0. The molecule has 0 unspecified atom stereocenters. The zero-order chi connectivity index (χ0) is 18.7. The number of amides is 2. The lowest BCUT2D eigenvalue weighted by Gasteiger charge is -2.25. The van der Waals surface area contributed by atoms with Gasteiger partial charge in [0.1, 0.15) is 6.07 Å². The van der Waals surface area contributed by atoms with Crippen LogP contribution in [0.2, 0.25) is 5.02 Å². The Morgan fingerprint density at radius 1 is 1.31 bits per heavy atom. The zero-order valence-electron chi connectivity index (χ0n) is 14.3. The topological polar surface area (TPSA) is 73.2 Å². The first-order chi connectivity index (χ1) is 12.5. The van der Waals surface area contributed by atoms with E-state index >= 15 is 0 Å². The molecule has 0 radical (unpaired) electrons. The molecule has 26 heavy (non-hydrogen) atoms. The second-order valence-corrected chi connectivity index (χ2v) is 6.74. The van der Waals surface area contributed by atoms with Crippen LogP contribution in [0.4, 0.5) is 5.69 Å². The van der Waals surface area contributed by atoms with Crippen molar-refractivity contribution in [3.05, 3.63) is 64.7 Å². The number of nitrogens with one attached hydrogen (secondary N) is 1. The van der Waals surface area contributed by atoms with Gasteiger partial charge in [-0.3, -0.25) is 9.59 Å². The fourth-order valence-corrected chi connectivity index (χ4v) is 3.34. The van der Waals surface area contributed by atoms with E-state index in [1.807, 2.05) is 43.3 Å². The van der Waals surface area contributed by atoms with E-state index in [0.717, 1.165) is 5.56 Å². The maximum atomic E-state index is 12.5. The summed E-state index contributed by atoms with van der Waals surface area (Å²) in [6.07, 6.45) is 0.188. The lowest BCUT2D eigenvalue weighted by atomic mass is 10.1. The van der Waals surface area contributed by atoms with Crippen molar-refractivity contribution < 1.29 is 9.59 Å². The predicted octanol–water partition coefficient (Wildman–Crippen LogP) is 3.76. The quantitative estimate of drug-likeness (QED) is 0.894. The number of rotatable bonds is 4. The minimum Gasteiger partial charge on any atom is -0.335 e. The maximum absolute atomic E-state index is 12.5. The fourth-order valence-electron chi connectivity index (χ4n) is 3.12. The number of benzene rings is 2. The Labute approximate surface area is 157 Å². The summed E-state index contributed by atoms with van der Waals surface area (Å²) < 4.78 is 0. The van der Waals surface area contributed by atoms with E-state index in [2.05, 4.69) is 5.32 Å². The van der Waals surface area contributed by atoms with Crippen LogP contribution in [-0.4, -0.2) is 23.3 Å². The van der Waals surface area contributed by atoms with Crippen LogP contribution in [-0.2, 0) is 9.59 Å². The Kier molecular flexibility index (Phi) is 5.24. The molecule has 1 heterocycles. The Morgan fingerprint density at radius 2 is 2.04 bits per heavy atom. The lowest BCUT2D eigenvalue weighted by Crippen LogP contribution is -2.30. The van der Waals surface area contributed by atoms with E-state index in [1.165, 1.54) is 0 Å². The molecule has 1 aliphatic rings. The summed E-state index contributed by atoms with van der Waals surface area (Å²) in [6, 6.07) is 16.4. The molecule has 1 saturated heterocycles. The summed E-state index contributed by atoms with van der Waals surface area (Å²) in [5.74, 6) is -0.663. The molecule has 2 aromatic carbocycles. The van der Waals surface area contributed by atoms with Crippen LogP contribution < -0.4 is 5.32 Å². The molecule has 0 bridgehead atoms. The van der Waals surface area contributed by atoms with Crippen molar-refractivity contribution in [3.63, 3.8) is 0 Å². The Morgan fingerprint density at radius 3 is 2.69 bits per heavy atom. The molecule has 1 aliphatic heterocycles. The smallest absolute Gasteiger partial charge is 0.229 e. The van der Waals surface area contributed by atoms with Crippen LogP contribution in [0.3, 0.4) is 0 Å². The summed E-state index contributed by atoms with van der Waals surface area (Å²) in [5.41, 5.74) is 1.91. The number of halogens is 1. The normalized spacial score (nSPS) is 17.7. The van der Waals surface area contributed by atoms with Crippen molar-refractivity contribution in [1.82, 2.24) is 4.90 Å². The average molecular weight is 368 g/mol. The Hall–Kier alpha value is -2.84. The minimum atomic E-state index is -0.414. The van der Waals surface area contributed by atoms with Gasteiger partial charge in [-0.15, -0.1) is 0 Å². The van der Waals surface area contributed by atoms with Crippen LogP contribution in [0.15, 0.2) is 48.5 Å². The first-order valence-electron chi connectivity index (χ1n) is 8.34. The van der Waals surface area contributed by atoms with Gasteiger partial charge in [0, 0.05) is 18.7 Å². The number of anilines is 1. The predicted molar refractivity (Wildman–Crippen MR) is 99.5 cm³/mol. The molecule has 6 heteroatoms. The summed E-state index contributed by atoms with van der Waals surface area (Å²) in [4.78, 5) is 26.7. The molecule has 132 valence electrons. The molecule has 0 spiro atoms. The van der Waals surface area contributed by atoms with Crippen molar-refractivity contribution in [2.24, 2.45) is 5.92 Å². The van der Waals surface area contributed by atoms with Crippen LogP contribution in [0.1, 0.15) is 30.5 Å². The Balaban J connectivity index is 1.67. The number of likely N-dealkylation sites (tertiary alicyclic amines) is 1. The number of hydrogen-bond donors (Lipinski definition) is 1. The largest absolute Gasteiger partial charge is 0.335 e. The fraction of sp³-hybridized carbons (Fsp3) is 0.250. The van der Waals surface area contributed by atoms with E-state index in [1.54, 1.807) is 23.1 Å². The zero-order valence-corrected chi connectivity index (χ0v) is 15.0. The van der Waals surface area contributed by atoms with Crippen molar-refractivity contribution in [2.75, 3.05) is 11.9 Å². The first kappa shape index (κ1) is 18.0. The van der Waals surface area contributed by atoms with Gasteiger partial charge < -0.3 is 10.2 Å². The van der Waals surface area contributed by atoms with Gasteiger partial charge in [0.25, 0.3) is 0 Å². The van der Waals surface area contributed by atoms with Gasteiger partial charge >= 0.3 is 0 Å². The molecule has 0 aromatic heterocycles. The SMILES string of the molecule is C[C@H](c1ccccc1)N1C[C@H](C(=O)Nc2ccc(C#N)c(Cl)c2)CC1=O. The minimum absolute atomic E-state index is 0.0284. The van der Waals surface area contributed by atoms with Crippen LogP contribution in [0, 0.1) is 17.2 Å². The van der Waals surface area contributed by atoms with E-state index < -0.39 is 5.92 Å². The molecule has 0 saturated carbocycles. The molecular weight excluding hydrogens is 350 g/mol. The number of nitriles is 1. The molecule has 5 nitrogen and oxygen atoms in total. The molecular formula is C20H18ClN3O2. The standard InChI is InChI=1S/C20H18ClN3O2/c1-13(14-5-3-2-4-6-14)24-12-16(9-19(24)25)20(26)23-17-8-7-15(11-22)18(21)10-17/h2-8,10,13,16H,9,12H2,1H3,(H,23,26)/t13-,16-/m1/s1. The monoisotopic (exact) mass is 367 g/mol. The third-order valence-corrected chi connectivity index (χ3v) is 4.95. The highest BCUT2D eigenvalue weighted by molar-refractivity contribution is 6.32. The molecule has 2 aromatic rings. The molecule has 2 amide bonds. The summed E-state index contributed by atoms with van der Waals surface area (Å²) in [6.45, 7) is 2.35. The van der Waals surface area contributed by atoms with E-state index in [0.29, 0.717) is 17.8 Å². The van der Waals surface area contributed by atoms with Crippen LogP contribution >= 0.6 is 11.6 Å². The summed E-state index contributed by atoms with van der Waals surface area (Å²) >= 11 is 5.99. The molecule has 1 N–H and O–H groups in total. The highest BCUT2D eigenvalue weighted by atomic mass is 35.5. The highest BCUT2D eigenvalue weighted by Gasteiger charge is 2.37. The number of carbonyl (C=O) groups is 2. The van der Waals surface area contributed by atoms with Gasteiger partial charge in [0.05, 0.1) is 22.5 Å². The van der Waals surface area contributed by atoms with Gasteiger partial charge in [-0.25, -0.2) is 0 Å². The molecule has 3 rings (SSSR count). The second kappa shape index (κ2) is 7.59. The first-order valence-corrected chi connectivity index (χ1v) is 8.72. The number of carbonyl (C=O) groups excluding carboxylic acids is 2. The van der Waals surface area contributed by atoms with Crippen molar-refractivity contribution >= 4 is 29.1 Å². The Bertz CT molecular complexity index is 876. The van der Waals surface area contributed by atoms with Crippen molar-refractivity contribution in [1.29, 1.82) is 5.26 Å².